The summed E-state index contributed by atoms with van der Waals surface area (Å²) in [5.41, 5.74) is 0.971. The molecule has 0 aliphatic heterocycles. The van der Waals surface area contributed by atoms with Gasteiger partial charge >= 0.3 is 0 Å². The van der Waals surface area contributed by atoms with Gasteiger partial charge in [0.15, 0.2) is 0 Å². The summed E-state index contributed by atoms with van der Waals surface area (Å²) >= 11 is 0.892. The standard InChI is InChI=1S/C15H9F2N3OS/c16-10-7-5-9(6-8-10)13-14(22-20-19-13)15(21)18-12-4-2-1-3-11(12)17/h1-8H,(H,18,21). The zero-order valence-electron chi connectivity index (χ0n) is 11.1. The molecule has 0 spiro atoms. The zero-order chi connectivity index (χ0) is 15.5. The molecule has 22 heavy (non-hydrogen) atoms. The number of carbonyl (C=O) groups excluding carboxylic acids is 1. The average molecular weight is 317 g/mol. The summed E-state index contributed by atoms with van der Waals surface area (Å²) in [6.07, 6.45) is 0. The van der Waals surface area contributed by atoms with Gasteiger partial charge in [-0.25, -0.2) is 8.78 Å². The fourth-order valence-corrected chi connectivity index (χ4v) is 2.46. The molecule has 0 bridgehead atoms. The maximum atomic E-state index is 13.6. The lowest BCUT2D eigenvalue weighted by atomic mass is 10.1. The third-order valence-electron chi connectivity index (χ3n) is 2.93. The predicted octanol–water partition coefficient (Wildman–Crippen LogP) is 3.74. The zero-order valence-corrected chi connectivity index (χ0v) is 11.9. The molecule has 0 radical (unpaired) electrons. The van der Waals surface area contributed by atoms with E-state index in [0.717, 1.165) is 11.5 Å². The topological polar surface area (TPSA) is 54.9 Å². The van der Waals surface area contributed by atoms with Gasteiger partial charge in [0.1, 0.15) is 22.2 Å². The highest BCUT2D eigenvalue weighted by Crippen LogP contribution is 2.25. The second-order valence-electron chi connectivity index (χ2n) is 4.39. The van der Waals surface area contributed by atoms with Gasteiger partial charge < -0.3 is 5.32 Å². The third-order valence-corrected chi connectivity index (χ3v) is 3.66. The predicted molar refractivity (Wildman–Crippen MR) is 79.7 cm³/mol. The Morgan fingerprint density at radius 2 is 1.77 bits per heavy atom. The van der Waals surface area contributed by atoms with Crippen LogP contribution in [0.25, 0.3) is 11.3 Å². The van der Waals surface area contributed by atoms with E-state index in [2.05, 4.69) is 14.9 Å². The molecule has 0 saturated heterocycles. The Kier molecular flexibility index (Phi) is 3.88. The lowest BCUT2D eigenvalue weighted by molar-refractivity contribution is 0.103. The largest absolute Gasteiger partial charge is 0.319 e. The first kappa shape index (κ1) is 14.3. The maximum Gasteiger partial charge on any atom is 0.269 e. The summed E-state index contributed by atoms with van der Waals surface area (Å²) in [6.45, 7) is 0. The van der Waals surface area contributed by atoms with Crippen LogP contribution in [-0.4, -0.2) is 15.5 Å². The second-order valence-corrected chi connectivity index (χ2v) is 5.15. The number of nitrogens with one attached hydrogen (secondary N) is 1. The molecule has 3 aromatic rings. The van der Waals surface area contributed by atoms with Crippen molar-refractivity contribution < 1.29 is 13.6 Å². The van der Waals surface area contributed by atoms with Gasteiger partial charge in [-0.3, -0.25) is 4.79 Å². The minimum absolute atomic E-state index is 0.0750. The number of rotatable bonds is 3. The first-order chi connectivity index (χ1) is 10.6. The van der Waals surface area contributed by atoms with Crippen molar-refractivity contribution in [2.24, 2.45) is 0 Å². The maximum absolute atomic E-state index is 13.6. The summed E-state index contributed by atoms with van der Waals surface area (Å²) in [5.74, 6) is -1.43. The van der Waals surface area contributed by atoms with E-state index in [1.54, 1.807) is 6.07 Å². The van der Waals surface area contributed by atoms with Crippen LogP contribution in [0.1, 0.15) is 9.67 Å². The highest BCUT2D eigenvalue weighted by molar-refractivity contribution is 7.08. The van der Waals surface area contributed by atoms with Crippen LogP contribution < -0.4 is 5.32 Å². The number of hydrogen-bond acceptors (Lipinski definition) is 4. The molecule has 0 aliphatic carbocycles. The molecule has 0 unspecified atom stereocenters. The molecular weight excluding hydrogens is 308 g/mol. The Balaban J connectivity index is 1.90. The molecule has 1 heterocycles. The van der Waals surface area contributed by atoms with Gasteiger partial charge in [-0.05, 0) is 47.9 Å². The number of hydrogen-bond donors (Lipinski definition) is 1. The van der Waals surface area contributed by atoms with Crippen LogP contribution in [-0.2, 0) is 0 Å². The van der Waals surface area contributed by atoms with Crippen molar-refractivity contribution in [2.75, 3.05) is 5.32 Å². The molecule has 1 amide bonds. The molecule has 0 saturated carbocycles. The van der Waals surface area contributed by atoms with Crippen LogP contribution in [0.2, 0.25) is 0 Å². The van der Waals surface area contributed by atoms with E-state index < -0.39 is 11.7 Å². The molecule has 0 fully saturated rings. The Hall–Kier alpha value is -2.67. The fraction of sp³-hybridized carbons (Fsp3) is 0. The molecule has 0 aliphatic rings. The normalized spacial score (nSPS) is 10.5. The van der Waals surface area contributed by atoms with Gasteiger partial charge in [-0.2, -0.15) is 0 Å². The molecule has 7 heteroatoms. The first-order valence-electron chi connectivity index (χ1n) is 6.29. The van der Waals surface area contributed by atoms with Crippen molar-refractivity contribution in [3.8, 4) is 11.3 Å². The Labute approximate surface area is 128 Å². The van der Waals surface area contributed by atoms with Crippen LogP contribution in [0.5, 0.6) is 0 Å². The number of carbonyl (C=O) groups is 1. The monoisotopic (exact) mass is 317 g/mol. The number of para-hydroxylation sites is 1. The third kappa shape index (κ3) is 2.84. The molecule has 110 valence electrons. The van der Waals surface area contributed by atoms with E-state index in [-0.39, 0.29) is 16.4 Å². The Morgan fingerprint density at radius 1 is 1.05 bits per heavy atom. The molecule has 3 rings (SSSR count). The van der Waals surface area contributed by atoms with Crippen LogP contribution in [0.4, 0.5) is 14.5 Å². The highest BCUT2D eigenvalue weighted by atomic mass is 32.1. The quantitative estimate of drug-likeness (QED) is 0.800. The fourth-order valence-electron chi connectivity index (χ4n) is 1.88. The number of anilines is 1. The van der Waals surface area contributed by atoms with Crippen molar-refractivity contribution >= 4 is 23.1 Å². The lowest BCUT2D eigenvalue weighted by Gasteiger charge is -2.05. The van der Waals surface area contributed by atoms with Gasteiger partial charge in [0.2, 0.25) is 0 Å². The van der Waals surface area contributed by atoms with E-state index in [9.17, 15) is 13.6 Å². The van der Waals surface area contributed by atoms with Crippen molar-refractivity contribution in [1.29, 1.82) is 0 Å². The van der Waals surface area contributed by atoms with Crippen LogP contribution in [0.15, 0.2) is 48.5 Å². The van der Waals surface area contributed by atoms with E-state index in [4.69, 9.17) is 0 Å². The van der Waals surface area contributed by atoms with Crippen molar-refractivity contribution in [3.05, 3.63) is 65.0 Å². The summed E-state index contributed by atoms with van der Waals surface area (Å²) in [6, 6.07) is 11.4. The number of halogens is 2. The van der Waals surface area contributed by atoms with Crippen LogP contribution in [0, 0.1) is 11.6 Å². The van der Waals surface area contributed by atoms with E-state index in [1.165, 1.54) is 42.5 Å². The van der Waals surface area contributed by atoms with Crippen molar-refractivity contribution in [3.63, 3.8) is 0 Å². The highest BCUT2D eigenvalue weighted by Gasteiger charge is 2.19. The molecule has 2 aromatic carbocycles. The Morgan fingerprint density at radius 3 is 2.50 bits per heavy atom. The number of benzene rings is 2. The summed E-state index contributed by atoms with van der Waals surface area (Å²) in [7, 11) is 0. The van der Waals surface area contributed by atoms with Gasteiger partial charge in [-0.15, -0.1) is 5.10 Å². The summed E-state index contributed by atoms with van der Waals surface area (Å²) in [5, 5.41) is 6.37. The van der Waals surface area contributed by atoms with Crippen LogP contribution in [0.3, 0.4) is 0 Å². The molecule has 4 nitrogen and oxygen atoms in total. The minimum Gasteiger partial charge on any atom is -0.319 e. The first-order valence-corrected chi connectivity index (χ1v) is 7.06. The van der Waals surface area contributed by atoms with Gasteiger partial charge in [0.05, 0.1) is 5.69 Å². The Bertz CT molecular complexity index is 818. The minimum atomic E-state index is -0.531. The van der Waals surface area contributed by atoms with Crippen molar-refractivity contribution in [1.82, 2.24) is 9.59 Å². The van der Waals surface area contributed by atoms with E-state index in [0.29, 0.717) is 11.3 Å². The van der Waals surface area contributed by atoms with E-state index >= 15 is 0 Å². The average Bonchev–Trinajstić information content (AvgIpc) is 3.00. The van der Waals surface area contributed by atoms with Gasteiger partial charge in [0.25, 0.3) is 5.91 Å². The van der Waals surface area contributed by atoms with Gasteiger partial charge in [-0.1, -0.05) is 16.6 Å². The summed E-state index contributed by atoms with van der Waals surface area (Å²) in [4.78, 5) is 12.5. The number of nitrogens with zero attached hydrogens (tertiary/aromatic N) is 2. The second kappa shape index (κ2) is 5.98. The molecule has 1 aromatic heterocycles. The van der Waals surface area contributed by atoms with Crippen LogP contribution >= 0.6 is 11.5 Å². The smallest absolute Gasteiger partial charge is 0.269 e. The molecule has 1 N–H and O–H groups in total. The van der Waals surface area contributed by atoms with Crippen molar-refractivity contribution in [2.45, 2.75) is 0 Å². The molecular formula is C15H9F2N3OS. The number of aromatic nitrogens is 2. The summed E-state index contributed by atoms with van der Waals surface area (Å²) < 4.78 is 30.3. The number of amides is 1. The van der Waals surface area contributed by atoms with E-state index in [1.807, 2.05) is 0 Å². The SMILES string of the molecule is O=C(Nc1ccccc1F)c1snnc1-c1ccc(F)cc1. The van der Waals surface area contributed by atoms with Gasteiger partial charge in [0, 0.05) is 5.56 Å². The molecule has 0 atom stereocenters. The lowest BCUT2D eigenvalue weighted by Crippen LogP contribution is -2.12.